The van der Waals surface area contributed by atoms with E-state index in [1.165, 1.54) is 6.26 Å². The van der Waals surface area contributed by atoms with E-state index in [0.717, 1.165) is 12.8 Å². The Hall–Kier alpha value is -1.25. The van der Waals surface area contributed by atoms with Crippen molar-refractivity contribution in [1.29, 1.82) is 5.26 Å². The number of halogens is 1. The standard InChI is InChI=1S/C14H16ClNO3S/c1-20(17,18)12-4-2-3-11(8-12)19-14-6-5-10(9-16)7-13(14)15/h5-7,11-12H,2-4,8H2,1H3. The van der Waals surface area contributed by atoms with Gasteiger partial charge >= 0.3 is 0 Å². The van der Waals surface area contributed by atoms with E-state index in [-0.39, 0.29) is 11.4 Å². The van der Waals surface area contributed by atoms with E-state index in [4.69, 9.17) is 21.6 Å². The Morgan fingerprint density at radius 2 is 2.15 bits per heavy atom. The number of hydrogen-bond acceptors (Lipinski definition) is 4. The summed E-state index contributed by atoms with van der Waals surface area (Å²) >= 11 is 6.06. The van der Waals surface area contributed by atoms with Gasteiger partial charge in [-0.1, -0.05) is 11.6 Å². The van der Waals surface area contributed by atoms with Crippen molar-refractivity contribution in [3.05, 3.63) is 28.8 Å². The third-order valence-electron chi connectivity index (χ3n) is 3.54. The number of ether oxygens (including phenoxy) is 1. The van der Waals surface area contributed by atoms with Crippen molar-refractivity contribution in [2.45, 2.75) is 37.0 Å². The van der Waals surface area contributed by atoms with E-state index in [1.807, 2.05) is 6.07 Å². The lowest BCUT2D eigenvalue weighted by Crippen LogP contribution is -2.33. The average molecular weight is 314 g/mol. The zero-order chi connectivity index (χ0) is 14.8. The maximum absolute atomic E-state index is 11.6. The van der Waals surface area contributed by atoms with Crippen molar-refractivity contribution >= 4 is 21.4 Å². The lowest BCUT2D eigenvalue weighted by Gasteiger charge is -2.28. The highest BCUT2D eigenvalue weighted by atomic mass is 35.5. The van der Waals surface area contributed by atoms with Gasteiger partial charge in [0.25, 0.3) is 0 Å². The van der Waals surface area contributed by atoms with Gasteiger partial charge in [0.1, 0.15) is 21.7 Å². The van der Waals surface area contributed by atoms with Gasteiger partial charge in [0.05, 0.1) is 21.9 Å². The first-order valence-electron chi connectivity index (χ1n) is 6.45. The maximum atomic E-state index is 11.6. The largest absolute Gasteiger partial charge is 0.489 e. The molecule has 108 valence electrons. The normalized spacial score (nSPS) is 23.1. The van der Waals surface area contributed by atoms with E-state index in [9.17, 15) is 8.42 Å². The van der Waals surface area contributed by atoms with Gasteiger partial charge in [0.15, 0.2) is 0 Å². The quantitative estimate of drug-likeness (QED) is 0.860. The Morgan fingerprint density at radius 3 is 2.75 bits per heavy atom. The number of nitriles is 1. The summed E-state index contributed by atoms with van der Waals surface area (Å²) in [5.41, 5.74) is 0.472. The Balaban J connectivity index is 2.09. The second kappa shape index (κ2) is 6.02. The Kier molecular flexibility index (Phi) is 4.56. The molecule has 1 aliphatic rings. The fourth-order valence-corrected chi connectivity index (χ4v) is 3.83. The molecule has 1 aromatic carbocycles. The van der Waals surface area contributed by atoms with Crippen LogP contribution in [0.4, 0.5) is 0 Å². The van der Waals surface area contributed by atoms with Crippen molar-refractivity contribution in [2.75, 3.05) is 6.26 Å². The van der Waals surface area contributed by atoms with Gasteiger partial charge in [-0.15, -0.1) is 0 Å². The van der Waals surface area contributed by atoms with Gasteiger partial charge in [0.2, 0.25) is 0 Å². The smallest absolute Gasteiger partial charge is 0.150 e. The zero-order valence-corrected chi connectivity index (χ0v) is 12.7. The van der Waals surface area contributed by atoms with Crippen LogP contribution in [0.2, 0.25) is 5.02 Å². The summed E-state index contributed by atoms with van der Waals surface area (Å²) in [6, 6.07) is 6.85. The molecule has 1 saturated carbocycles. The number of nitrogens with zero attached hydrogens (tertiary/aromatic N) is 1. The van der Waals surface area contributed by atoms with Gasteiger partial charge in [-0.25, -0.2) is 8.42 Å². The third kappa shape index (κ3) is 3.65. The van der Waals surface area contributed by atoms with E-state index >= 15 is 0 Å². The van der Waals surface area contributed by atoms with E-state index in [1.54, 1.807) is 18.2 Å². The van der Waals surface area contributed by atoms with Crippen molar-refractivity contribution in [2.24, 2.45) is 0 Å². The molecule has 6 heteroatoms. The first-order valence-corrected chi connectivity index (χ1v) is 8.78. The molecule has 0 saturated heterocycles. The minimum Gasteiger partial charge on any atom is -0.489 e. The van der Waals surface area contributed by atoms with Crippen molar-refractivity contribution < 1.29 is 13.2 Å². The van der Waals surface area contributed by atoms with Crippen LogP contribution in [0.1, 0.15) is 31.2 Å². The zero-order valence-electron chi connectivity index (χ0n) is 11.2. The second-order valence-electron chi connectivity index (χ2n) is 5.12. The molecular weight excluding hydrogens is 298 g/mol. The molecule has 2 rings (SSSR count). The van der Waals surface area contributed by atoms with Crippen LogP contribution in [-0.4, -0.2) is 26.0 Å². The summed E-state index contributed by atoms with van der Waals surface area (Å²) in [5.74, 6) is 0.504. The highest BCUT2D eigenvalue weighted by Crippen LogP contribution is 2.31. The van der Waals surface area contributed by atoms with Gasteiger partial charge in [0, 0.05) is 12.7 Å². The lowest BCUT2D eigenvalue weighted by atomic mass is 9.97. The van der Waals surface area contributed by atoms with Crippen LogP contribution in [0.15, 0.2) is 18.2 Å². The fourth-order valence-electron chi connectivity index (χ4n) is 2.44. The van der Waals surface area contributed by atoms with E-state index in [0.29, 0.717) is 29.2 Å². The van der Waals surface area contributed by atoms with Crippen LogP contribution in [0.5, 0.6) is 5.75 Å². The predicted octanol–water partition coefficient (Wildman–Crippen LogP) is 2.95. The Labute approximate surface area is 124 Å². The van der Waals surface area contributed by atoms with Crippen molar-refractivity contribution in [3.8, 4) is 11.8 Å². The Bertz CT molecular complexity index is 636. The summed E-state index contributed by atoms with van der Waals surface area (Å²) in [4.78, 5) is 0. The van der Waals surface area contributed by atoms with E-state index < -0.39 is 9.84 Å². The van der Waals surface area contributed by atoms with E-state index in [2.05, 4.69) is 0 Å². The second-order valence-corrected chi connectivity index (χ2v) is 7.85. The summed E-state index contributed by atoms with van der Waals surface area (Å²) in [6.07, 6.45) is 3.97. The van der Waals surface area contributed by atoms with Crippen LogP contribution in [-0.2, 0) is 9.84 Å². The Morgan fingerprint density at radius 1 is 1.40 bits per heavy atom. The molecule has 0 spiro atoms. The van der Waals surface area contributed by atoms with Gasteiger partial charge < -0.3 is 4.74 Å². The van der Waals surface area contributed by atoms with Crippen LogP contribution in [0.3, 0.4) is 0 Å². The molecule has 20 heavy (non-hydrogen) atoms. The van der Waals surface area contributed by atoms with Gasteiger partial charge in [-0.2, -0.15) is 5.26 Å². The molecule has 2 atom stereocenters. The maximum Gasteiger partial charge on any atom is 0.150 e. The molecule has 0 N–H and O–H groups in total. The molecule has 4 nitrogen and oxygen atoms in total. The van der Waals surface area contributed by atoms with Crippen molar-refractivity contribution in [1.82, 2.24) is 0 Å². The third-order valence-corrected chi connectivity index (χ3v) is 5.47. The molecule has 1 aromatic rings. The molecule has 0 aromatic heterocycles. The van der Waals surface area contributed by atoms with Gasteiger partial charge in [-0.05, 0) is 37.5 Å². The van der Waals surface area contributed by atoms with Crippen molar-refractivity contribution in [3.63, 3.8) is 0 Å². The van der Waals surface area contributed by atoms with Crippen LogP contribution >= 0.6 is 11.6 Å². The molecule has 1 aliphatic carbocycles. The molecule has 0 bridgehead atoms. The summed E-state index contributed by atoms with van der Waals surface area (Å²) in [6.45, 7) is 0. The molecule has 0 radical (unpaired) electrons. The average Bonchev–Trinajstić information content (AvgIpc) is 2.40. The predicted molar refractivity (Wildman–Crippen MR) is 77.7 cm³/mol. The monoisotopic (exact) mass is 313 g/mol. The number of rotatable bonds is 3. The molecule has 2 unspecified atom stereocenters. The fraction of sp³-hybridized carbons (Fsp3) is 0.500. The summed E-state index contributed by atoms with van der Waals surface area (Å²) in [5, 5.41) is 8.83. The van der Waals surface area contributed by atoms with Crippen LogP contribution < -0.4 is 4.74 Å². The SMILES string of the molecule is CS(=O)(=O)C1CCCC(Oc2ccc(C#N)cc2Cl)C1. The molecule has 0 heterocycles. The summed E-state index contributed by atoms with van der Waals surface area (Å²) < 4.78 is 29.0. The topological polar surface area (TPSA) is 67.2 Å². The minimum atomic E-state index is -3.03. The van der Waals surface area contributed by atoms with Crippen LogP contribution in [0.25, 0.3) is 0 Å². The van der Waals surface area contributed by atoms with Crippen LogP contribution in [0, 0.1) is 11.3 Å². The highest BCUT2D eigenvalue weighted by molar-refractivity contribution is 7.91. The number of sulfone groups is 1. The van der Waals surface area contributed by atoms with Gasteiger partial charge in [-0.3, -0.25) is 0 Å². The number of hydrogen-bond donors (Lipinski definition) is 0. The molecular formula is C14H16ClNO3S. The molecule has 1 fully saturated rings. The first-order chi connectivity index (χ1) is 9.40. The lowest BCUT2D eigenvalue weighted by molar-refractivity contribution is 0.156. The highest BCUT2D eigenvalue weighted by Gasteiger charge is 2.30. The molecule has 0 aliphatic heterocycles. The number of benzene rings is 1. The summed E-state index contributed by atoms with van der Waals surface area (Å²) in [7, 11) is -3.03. The first kappa shape index (κ1) is 15.1. The molecule has 0 amide bonds. The minimum absolute atomic E-state index is 0.145.